The molecule has 0 spiro atoms. The first-order valence-electron chi connectivity index (χ1n) is 7.08. The van der Waals surface area contributed by atoms with Gasteiger partial charge in [-0.3, -0.25) is 14.5 Å². The fraction of sp³-hybridized carbons (Fsp3) is 0.118. The highest BCUT2D eigenvalue weighted by atomic mass is 19.4. The van der Waals surface area contributed by atoms with Gasteiger partial charge >= 0.3 is 12.1 Å². The number of hydrogen-bond acceptors (Lipinski definition) is 3. The lowest BCUT2D eigenvalue weighted by molar-refractivity contribution is -0.137. The Balaban J connectivity index is 1.92. The van der Waals surface area contributed by atoms with Gasteiger partial charge in [-0.25, -0.2) is 4.79 Å². The predicted octanol–water partition coefficient (Wildman–Crippen LogP) is 3.20. The van der Waals surface area contributed by atoms with E-state index in [2.05, 4.69) is 0 Å². The van der Waals surface area contributed by atoms with Crippen LogP contribution in [-0.4, -0.2) is 27.8 Å². The van der Waals surface area contributed by atoms with E-state index >= 15 is 0 Å². The van der Waals surface area contributed by atoms with Crippen LogP contribution in [0.3, 0.4) is 0 Å². The first kappa shape index (κ1) is 16.7. The second-order valence-corrected chi connectivity index (χ2v) is 5.46. The Morgan fingerprint density at radius 2 is 1.68 bits per heavy atom. The minimum Gasteiger partial charge on any atom is -0.478 e. The van der Waals surface area contributed by atoms with Gasteiger partial charge in [0.15, 0.2) is 0 Å². The van der Waals surface area contributed by atoms with Gasteiger partial charge in [0, 0.05) is 0 Å². The minimum absolute atomic E-state index is 0.0199. The van der Waals surface area contributed by atoms with Crippen LogP contribution in [0.1, 0.15) is 42.2 Å². The average Bonchev–Trinajstić information content (AvgIpc) is 2.79. The van der Waals surface area contributed by atoms with E-state index in [4.69, 9.17) is 5.11 Å². The topological polar surface area (TPSA) is 74.7 Å². The van der Waals surface area contributed by atoms with Gasteiger partial charge in [-0.15, -0.1) is 0 Å². The van der Waals surface area contributed by atoms with Gasteiger partial charge in [0.05, 0.1) is 28.8 Å². The van der Waals surface area contributed by atoms with Gasteiger partial charge in [-0.1, -0.05) is 12.1 Å². The molecule has 1 N–H and O–H groups in total. The molecular formula is C17H10F3NO4. The van der Waals surface area contributed by atoms with E-state index in [1.165, 1.54) is 24.3 Å². The summed E-state index contributed by atoms with van der Waals surface area (Å²) in [6.07, 6.45) is -4.62. The van der Waals surface area contributed by atoms with Crippen LogP contribution in [0.5, 0.6) is 0 Å². The Kier molecular flexibility index (Phi) is 3.82. The second kappa shape index (κ2) is 5.73. The van der Waals surface area contributed by atoms with Crippen molar-refractivity contribution in [1.29, 1.82) is 0 Å². The van der Waals surface area contributed by atoms with Crippen molar-refractivity contribution in [3.05, 3.63) is 70.3 Å². The molecule has 25 heavy (non-hydrogen) atoms. The maximum atomic E-state index is 12.8. The predicted molar refractivity (Wildman–Crippen MR) is 79.0 cm³/mol. The van der Waals surface area contributed by atoms with Crippen LogP contribution < -0.4 is 0 Å². The Morgan fingerprint density at radius 3 is 2.32 bits per heavy atom. The van der Waals surface area contributed by atoms with Gasteiger partial charge in [-0.2, -0.15) is 13.2 Å². The summed E-state index contributed by atoms with van der Waals surface area (Å²) in [4.78, 5) is 36.4. The van der Waals surface area contributed by atoms with E-state index in [0.29, 0.717) is 11.6 Å². The Hall–Kier alpha value is -3.16. The van der Waals surface area contributed by atoms with Crippen LogP contribution in [0.25, 0.3) is 0 Å². The maximum absolute atomic E-state index is 12.8. The summed E-state index contributed by atoms with van der Waals surface area (Å²) in [5, 5.41) is 8.97. The lowest BCUT2D eigenvalue weighted by atomic mass is 10.1. The molecule has 2 aromatic carbocycles. The number of amides is 2. The van der Waals surface area contributed by atoms with E-state index < -0.39 is 29.5 Å². The quantitative estimate of drug-likeness (QED) is 0.864. The number of rotatable bonds is 3. The standard InChI is InChI=1S/C17H10F3NO4/c18-17(19,20)11-4-5-12-13(7-11)15(23)21(14(12)22)8-9-2-1-3-10(6-9)16(24)25/h1-7H,8H2,(H,24,25). The van der Waals surface area contributed by atoms with Crippen molar-refractivity contribution in [2.75, 3.05) is 0 Å². The summed E-state index contributed by atoms with van der Waals surface area (Å²) in [6, 6.07) is 8.01. The van der Waals surface area contributed by atoms with Crippen molar-refractivity contribution in [2.45, 2.75) is 12.7 Å². The summed E-state index contributed by atoms with van der Waals surface area (Å²) in [7, 11) is 0. The zero-order valence-electron chi connectivity index (χ0n) is 12.5. The zero-order chi connectivity index (χ0) is 18.4. The molecule has 128 valence electrons. The molecule has 1 aliphatic heterocycles. The maximum Gasteiger partial charge on any atom is 0.416 e. The molecule has 5 nitrogen and oxygen atoms in total. The molecule has 2 aromatic rings. The number of carboxylic acids is 1. The number of imide groups is 1. The molecule has 0 unspecified atom stereocenters. The third-order valence-electron chi connectivity index (χ3n) is 3.81. The molecule has 1 aliphatic rings. The number of carboxylic acid groups (broad SMARTS) is 1. The molecule has 0 atom stereocenters. The van der Waals surface area contributed by atoms with Crippen LogP contribution in [0.4, 0.5) is 13.2 Å². The summed E-state index contributed by atoms with van der Waals surface area (Å²) < 4.78 is 38.3. The highest BCUT2D eigenvalue weighted by Crippen LogP contribution is 2.33. The summed E-state index contributed by atoms with van der Waals surface area (Å²) in [5.41, 5.74) is -1.07. The van der Waals surface area contributed by atoms with E-state index in [9.17, 15) is 27.6 Å². The molecule has 2 amide bonds. The summed E-state index contributed by atoms with van der Waals surface area (Å²) in [5.74, 6) is -2.72. The number of alkyl halides is 3. The van der Waals surface area contributed by atoms with Gasteiger partial charge in [0.25, 0.3) is 11.8 Å². The van der Waals surface area contributed by atoms with Crippen LogP contribution in [-0.2, 0) is 12.7 Å². The fourth-order valence-corrected chi connectivity index (χ4v) is 2.60. The van der Waals surface area contributed by atoms with E-state index in [1.54, 1.807) is 0 Å². The third kappa shape index (κ3) is 2.98. The molecule has 0 aromatic heterocycles. The Labute approximate surface area is 139 Å². The van der Waals surface area contributed by atoms with Crippen LogP contribution >= 0.6 is 0 Å². The SMILES string of the molecule is O=C(O)c1cccc(CN2C(=O)c3ccc(C(F)(F)F)cc3C2=O)c1. The normalized spacial score (nSPS) is 14.0. The summed E-state index contributed by atoms with van der Waals surface area (Å²) in [6.45, 7) is -0.227. The van der Waals surface area contributed by atoms with Crippen molar-refractivity contribution in [3.8, 4) is 0 Å². The molecule has 1 heterocycles. The summed E-state index contributed by atoms with van der Waals surface area (Å²) >= 11 is 0. The van der Waals surface area contributed by atoms with Gasteiger partial charge < -0.3 is 5.11 Å². The molecule has 0 fully saturated rings. The number of nitrogens with zero attached hydrogens (tertiary/aromatic N) is 1. The van der Waals surface area contributed by atoms with E-state index in [1.807, 2.05) is 0 Å². The number of halogens is 3. The zero-order valence-corrected chi connectivity index (χ0v) is 12.5. The first-order chi connectivity index (χ1) is 11.7. The highest BCUT2D eigenvalue weighted by molar-refractivity contribution is 6.21. The van der Waals surface area contributed by atoms with Crippen molar-refractivity contribution >= 4 is 17.8 Å². The number of carbonyl (C=O) groups is 3. The van der Waals surface area contributed by atoms with Crippen LogP contribution in [0.15, 0.2) is 42.5 Å². The number of benzene rings is 2. The molecule has 0 radical (unpaired) electrons. The molecule has 0 aliphatic carbocycles. The monoisotopic (exact) mass is 349 g/mol. The lowest BCUT2D eigenvalue weighted by Crippen LogP contribution is -2.29. The third-order valence-corrected chi connectivity index (χ3v) is 3.81. The largest absolute Gasteiger partial charge is 0.478 e. The molecule has 0 saturated heterocycles. The lowest BCUT2D eigenvalue weighted by Gasteiger charge is -2.14. The molecule has 3 rings (SSSR count). The van der Waals surface area contributed by atoms with Crippen molar-refractivity contribution in [2.24, 2.45) is 0 Å². The smallest absolute Gasteiger partial charge is 0.416 e. The average molecular weight is 349 g/mol. The number of hydrogen-bond donors (Lipinski definition) is 1. The fourth-order valence-electron chi connectivity index (χ4n) is 2.60. The number of fused-ring (bicyclic) bond motifs is 1. The van der Waals surface area contributed by atoms with Crippen molar-refractivity contribution < 1.29 is 32.7 Å². The van der Waals surface area contributed by atoms with Crippen LogP contribution in [0.2, 0.25) is 0 Å². The number of aromatic carboxylic acids is 1. The van der Waals surface area contributed by atoms with Gasteiger partial charge in [0.2, 0.25) is 0 Å². The Morgan fingerprint density at radius 1 is 1.00 bits per heavy atom. The van der Waals surface area contributed by atoms with Crippen LogP contribution in [0, 0.1) is 0 Å². The van der Waals surface area contributed by atoms with Gasteiger partial charge in [-0.05, 0) is 35.9 Å². The highest BCUT2D eigenvalue weighted by Gasteiger charge is 2.39. The van der Waals surface area contributed by atoms with E-state index in [-0.39, 0.29) is 23.2 Å². The molecule has 8 heteroatoms. The minimum atomic E-state index is -4.62. The molecular weight excluding hydrogens is 339 g/mol. The van der Waals surface area contributed by atoms with Crippen molar-refractivity contribution in [3.63, 3.8) is 0 Å². The Bertz CT molecular complexity index is 905. The van der Waals surface area contributed by atoms with Crippen molar-refractivity contribution in [1.82, 2.24) is 4.90 Å². The molecule has 0 saturated carbocycles. The van der Waals surface area contributed by atoms with Gasteiger partial charge in [0.1, 0.15) is 0 Å². The number of carbonyl (C=O) groups excluding carboxylic acids is 2. The molecule has 0 bridgehead atoms. The first-order valence-corrected chi connectivity index (χ1v) is 7.08. The van der Waals surface area contributed by atoms with E-state index in [0.717, 1.165) is 17.0 Å². The second-order valence-electron chi connectivity index (χ2n) is 5.46.